The van der Waals surface area contributed by atoms with E-state index in [0.717, 1.165) is 60.7 Å². The summed E-state index contributed by atoms with van der Waals surface area (Å²) >= 11 is 1.42. The van der Waals surface area contributed by atoms with Gasteiger partial charge in [0.2, 0.25) is 0 Å². The molecule has 1 N–H and O–H groups in total. The molecule has 186 valence electrons. The fourth-order valence-corrected chi connectivity index (χ4v) is 4.95. The van der Waals surface area contributed by atoms with Crippen LogP contribution in [0.2, 0.25) is 0 Å². The van der Waals surface area contributed by atoms with Crippen LogP contribution < -0.4 is 5.32 Å². The Kier molecular flexibility index (Phi) is 7.76. The number of thiazole rings is 1. The summed E-state index contributed by atoms with van der Waals surface area (Å²) in [7, 11) is 2.16. The number of carbonyl (C=O) groups is 1. The number of piperazine rings is 1. The molecule has 1 aliphatic heterocycles. The lowest BCUT2D eigenvalue weighted by atomic mass is 10.0. The van der Waals surface area contributed by atoms with Crippen LogP contribution in [0, 0.1) is 18.8 Å². The molecule has 5 nitrogen and oxygen atoms in total. The number of hydrogen-bond acceptors (Lipinski definition) is 5. The first-order chi connectivity index (χ1) is 18.0. The van der Waals surface area contributed by atoms with Gasteiger partial charge in [0.25, 0.3) is 5.91 Å². The molecule has 1 amide bonds. The zero-order chi connectivity index (χ0) is 25.6. The minimum Gasteiger partial charge on any atom is -0.304 e. The van der Waals surface area contributed by atoms with Gasteiger partial charge in [-0.1, -0.05) is 54.3 Å². The fourth-order valence-electron chi connectivity index (χ4n) is 4.24. The van der Waals surface area contributed by atoms with Gasteiger partial charge in [-0.2, -0.15) is 0 Å². The average molecular weight is 507 g/mol. The largest absolute Gasteiger partial charge is 0.304 e. The Hall–Kier alpha value is -3.76. The van der Waals surface area contributed by atoms with Crippen LogP contribution in [0.1, 0.15) is 32.6 Å². The number of nitrogens with zero attached hydrogens (tertiary/aromatic N) is 3. The summed E-state index contributed by atoms with van der Waals surface area (Å²) in [6, 6.07) is 24.0. The molecule has 0 spiro atoms. The quantitative estimate of drug-likeness (QED) is 0.362. The molecule has 1 saturated heterocycles. The van der Waals surface area contributed by atoms with Crippen molar-refractivity contribution in [2.24, 2.45) is 0 Å². The van der Waals surface area contributed by atoms with Gasteiger partial charge in [-0.3, -0.25) is 15.0 Å². The van der Waals surface area contributed by atoms with Crippen molar-refractivity contribution in [2.45, 2.75) is 13.5 Å². The van der Waals surface area contributed by atoms with E-state index < -0.39 is 0 Å². The van der Waals surface area contributed by atoms with Gasteiger partial charge in [-0.05, 0) is 55.4 Å². The molecule has 0 atom stereocenters. The predicted molar refractivity (Wildman–Crippen MR) is 152 cm³/mol. The summed E-state index contributed by atoms with van der Waals surface area (Å²) in [5.74, 6) is 6.36. The minimum atomic E-state index is -0.148. The molecular formula is C31H30N4OS. The molecule has 0 saturated carbocycles. The molecule has 1 aromatic heterocycles. The zero-order valence-electron chi connectivity index (χ0n) is 21.2. The lowest BCUT2D eigenvalue weighted by Crippen LogP contribution is -2.43. The predicted octanol–water partition coefficient (Wildman–Crippen LogP) is 5.52. The van der Waals surface area contributed by atoms with Crippen LogP contribution in [-0.4, -0.2) is 53.9 Å². The Balaban J connectivity index is 1.23. The average Bonchev–Trinajstić information content (AvgIpc) is 3.39. The van der Waals surface area contributed by atoms with Crippen LogP contribution in [0.15, 0.2) is 78.2 Å². The number of rotatable bonds is 5. The van der Waals surface area contributed by atoms with Crippen LogP contribution in [0.3, 0.4) is 0 Å². The molecule has 0 bridgehead atoms. The molecule has 0 aliphatic carbocycles. The highest BCUT2D eigenvalue weighted by Gasteiger charge is 2.15. The molecule has 1 fully saturated rings. The number of aromatic nitrogens is 1. The van der Waals surface area contributed by atoms with E-state index in [-0.39, 0.29) is 5.91 Å². The summed E-state index contributed by atoms with van der Waals surface area (Å²) in [6.45, 7) is 7.32. The number of amides is 1. The van der Waals surface area contributed by atoms with Gasteiger partial charge in [-0.25, -0.2) is 4.98 Å². The van der Waals surface area contributed by atoms with Crippen molar-refractivity contribution < 1.29 is 4.79 Å². The molecule has 3 aromatic carbocycles. The lowest BCUT2D eigenvalue weighted by Gasteiger charge is -2.32. The van der Waals surface area contributed by atoms with Gasteiger partial charge in [0, 0.05) is 60.4 Å². The third-order valence-electron chi connectivity index (χ3n) is 6.59. The molecule has 0 radical (unpaired) electrons. The first-order valence-electron chi connectivity index (χ1n) is 12.5. The Morgan fingerprint density at radius 2 is 1.73 bits per heavy atom. The molecule has 6 heteroatoms. The topological polar surface area (TPSA) is 48.5 Å². The van der Waals surface area contributed by atoms with Crippen LogP contribution in [0.25, 0.3) is 11.3 Å². The van der Waals surface area contributed by atoms with E-state index in [0.29, 0.717) is 10.7 Å². The fraction of sp³-hybridized carbons (Fsp3) is 0.226. The molecular weight excluding hydrogens is 476 g/mol. The number of hydrogen-bond donors (Lipinski definition) is 1. The van der Waals surface area contributed by atoms with Gasteiger partial charge in [0.05, 0.1) is 5.69 Å². The van der Waals surface area contributed by atoms with Crippen LogP contribution in [-0.2, 0) is 6.54 Å². The van der Waals surface area contributed by atoms with E-state index in [1.807, 2.05) is 66.0 Å². The van der Waals surface area contributed by atoms with Crippen LogP contribution in [0.4, 0.5) is 5.13 Å². The summed E-state index contributed by atoms with van der Waals surface area (Å²) in [4.78, 5) is 22.3. The molecule has 1 aliphatic rings. The van der Waals surface area contributed by atoms with Gasteiger partial charge in [0.15, 0.2) is 5.13 Å². The van der Waals surface area contributed by atoms with Crippen LogP contribution >= 0.6 is 11.3 Å². The number of likely N-dealkylation sites (N-methyl/N-ethyl adjacent to an activating group) is 1. The highest BCUT2D eigenvalue weighted by atomic mass is 32.1. The Morgan fingerprint density at radius 3 is 2.49 bits per heavy atom. The molecule has 5 rings (SSSR count). The van der Waals surface area contributed by atoms with E-state index in [1.165, 1.54) is 16.9 Å². The highest BCUT2D eigenvalue weighted by molar-refractivity contribution is 7.14. The van der Waals surface area contributed by atoms with Crippen molar-refractivity contribution in [3.63, 3.8) is 0 Å². The van der Waals surface area contributed by atoms with Gasteiger partial charge in [0.1, 0.15) is 0 Å². The summed E-state index contributed by atoms with van der Waals surface area (Å²) in [5, 5.41) is 5.50. The van der Waals surface area contributed by atoms with Crippen molar-refractivity contribution in [3.05, 3.63) is 106 Å². The Labute approximate surface area is 222 Å². The van der Waals surface area contributed by atoms with E-state index >= 15 is 0 Å². The maximum Gasteiger partial charge on any atom is 0.257 e. The number of carbonyl (C=O) groups excluding carboxylic acids is 1. The van der Waals surface area contributed by atoms with E-state index in [1.54, 1.807) is 0 Å². The van der Waals surface area contributed by atoms with E-state index in [4.69, 9.17) is 0 Å². The van der Waals surface area contributed by atoms with Crippen molar-refractivity contribution in [1.29, 1.82) is 0 Å². The van der Waals surface area contributed by atoms with E-state index in [2.05, 4.69) is 58.0 Å². The van der Waals surface area contributed by atoms with Gasteiger partial charge >= 0.3 is 0 Å². The molecule has 37 heavy (non-hydrogen) atoms. The molecule has 2 heterocycles. The third kappa shape index (κ3) is 6.52. The first kappa shape index (κ1) is 24.9. The molecule has 0 unspecified atom stereocenters. The van der Waals surface area contributed by atoms with Gasteiger partial charge in [-0.15, -0.1) is 11.3 Å². The Morgan fingerprint density at radius 1 is 0.973 bits per heavy atom. The maximum absolute atomic E-state index is 12.8. The second kappa shape index (κ2) is 11.5. The summed E-state index contributed by atoms with van der Waals surface area (Å²) in [5.41, 5.74) is 6.73. The number of anilines is 1. The van der Waals surface area contributed by atoms with Crippen molar-refractivity contribution in [3.8, 4) is 23.1 Å². The smallest absolute Gasteiger partial charge is 0.257 e. The van der Waals surface area contributed by atoms with Crippen molar-refractivity contribution in [1.82, 2.24) is 14.8 Å². The van der Waals surface area contributed by atoms with Crippen LogP contribution in [0.5, 0.6) is 0 Å². The SMILES string of the molecule is Cc1ccc(-c2csc(NC(=O)c3ccc(CN4CCN(C)CC4)cc3)n2)cc1C#Cc1ccccc1. The van der Waals surface area contributed by atoms with Crippen molar-refractivity contribution >= 4 is 22.4 Å². The second-order valence-corrected chi connectivity index (χ2v) is 10.3. The third-order valence-corrected chi connectivity index (χ3v) is 7.35. The lowest BCUT2D eigenvalue weighted by molar-refractivity contribution is 0.102. The normalized spacial score (nSPS) is 14.1. The summed E-state index contributed by atoms with van der Waals surface area (Å²) < 4.78 is 0. The maximum atomic E-state index is 12.8. The molecule has 4 aromatic rings. The number of nitrogens with one attached hydrogen (secondary N) is 1. The zero-order valence-corrected chi connectivity index (χ0v) is 22.0. The monoisotopic (exact) mass is 506 g/mol. The second-order valence-electron chi connectivity index (χ2n) is 9.41. The summed E-state index contributed by atoms with van der Waals surface area (Å²) in [6.07, 6.45) is 0. The minimum absolute atomic E-state index is 0.148. The van der Waals surface area contributed by atoms with E-state index in [9.17, 15) is 4.79 Å². The van der Waals surface area contributed by atoms with Crippen molar-refractivity contribution in [2.75, 3.05) is 38.5 Å². The number of benzene rings is 3. The number of aryl methyl sites for hydroxylation is 1. The van der Waals surface area contributed by atoms with Gasteiger partial charge < -0.3 is 4.90 Å². The Bertz CT molecular complexity index is 1430. The first-order valence-corrected chi connectivity index (χ1v) is 13.4. The highest BCUT2D eigenvalue weighted by Crippen LogP contribution is 2.27. The standard InChI is InChI=1S/C31H30N4OS/c1-23-8-12-28(20-27(23)15-9-24-6-4-3-5-7-24)29-22-37-31(32-29)33-30(36)26-13-10-25(11-14-26)21-35-18-16-34(2)17-19-35/h3-8,10-14,20,22H,16-19,21H2,1-2H3,(H,32,33,36).